The van der Waals surface area contributed by atoms with Gasteiger partial charge in [-0.3, -0.25) is 10.1 Å². The third-order valence-corrected chi connectivity index (χ3v) is 4.72. The molecule has 1 fully saturated rings. The lowest BCUT2D eigenvalue weighted by molar-refractivity contribution is -0.138. The van der Waals surface area contributed by atoms with Crippen molar-refractivity contribution in [3.8, 4) is 5.75 Å². The highest BCUT2D eigenvalue weighted by molar-refractivity contribution is 7.99. The van der Waals surface area contributed by atoms with E-state index < -0.39 is 12.0 Å². The summed E-state index contributed by atoms with van der Waals surface area (Å²) in [7, 11) is 1.65. The Labute approximate surface area is 121 Å². The Morgan fingerprint density at radius 2 is 2.05 bits per heavy atom. The topological polar surface area (TPSA) is 58.6 Å². The Balaban J connectivity index is 1.88. The van der Waals surface area contributed by atoms with Gasteiger partial charge in [0.25, 0.3) is 0 Å². The van der Waals surface area contributed by atoms with Crippen LogP contribution in [0.5, 0.6) is 5.75 Å². The summed E-state index contributed by atoms with van der Waals surface area (Å²) < 4.78 is 5.21. The van der Waals surface area contributed by atoms with Crippen LogP contribution in [0.15, 0.2) is 36.4 Å². The SMILES string of the molecule is COc1ccc2cc(C3N[C@H](C(=O)O)CS3)ccc2c1. The Morgan fingerprint density at radius 3 is 2.75 bits per heavy atom. The van der Waals surface area contributed by atoms with Crippen LogP contribution in [0.4, 0.5) is 0 Å². The molecule has 2 N–H and O–H groups in total. The van der Waals surface area contributed by atoms with Crippen molar-refractivity contribution in [1.29, 1.82) is 0 Å². The van der Waals surface area contributed by atoms with Crippen molar-refractivity contribution < 1.29 is 14.6 Å². The van der Waals surface area contributed by atoms with Gasteiger partial charge in [-0.25, -0.2) is 0 Å². The van der Waals surface area contributed by atoms with E-state index in [2.05, 4.69) is 11.4 Å². The first-order valence-corrected chi connectivity index (χ1v) is 7.40. The van der Waals surface area contributed by atoms with Crippen LogP contribution in [0.2, 0.25) is 0 Å². The first-order valence-electron chi connectivity index (χ1n) is 6.35. The molecule has 0 spiro atoms. The smallest absolute Gasteiger partial charge is 0.321 e. The molecular weight excluding hydrogens is 274 g/mol. The lowest BCUT2D eigenvalue weighted by Crippen LogP contribution is -2.33. The molecule has 0 aromatic heterocycles. The van der Waals surface area contributed by atoms with Crippen LogP contribution in [0.25, 0.3) is 10.8 Å². The summed E-state index contributed by atoms with van der Waals surface area (Å²) in [6.07, 6.45) is 0. The zero-order valence-electron chi connectivity index (χ0n) is 11.0. The first kappa shape index (κ1) is 13.3. The molecule has 0 amide bonds. The van der Waals surface area contributed by atoms with Crippen LogP contribution in [-0.2, 0) is 4.79 Å². The maximum absolute atomic E-state index is 11.0. The quantitative estimate of drug-likeness (QED) is 0.909. The molecule has 0 radical (unpaired) electrons. The highest BCUT2D eigenvalue weighted by Crippen LogP contribution is 2.34. The predicted octanol–water partition coefficient (Wildman–Crippen LogP) is 2.64. The van der Waals surface area contributed by atoms with Crippen molar-refractivity contribution in [1.82, 2.24) is 5.32 Å². The van der Waals surface area contributed by atoms with E-state index in [4.69, 9.17) is 9.84 Å². The van der Waals surface area contributed by atoms with E-state index in [1.165, 1.54) is 0 Å². The second-order valence-corrected chi connectivity index (χ2v) is 5.88. The maximum atomic E-state index is 11.0. The van der Waals surface area contributed by atoms with E-state index in [1.54, 1.807) is 18.9 Å². The van der Waals surface area contributed by atoms with Gasteiger partial charge in [-0.15, -0.1) is 11.8 Å². The fourth-order valence-electron chi connectivity index (χ4n) is 2.34. The number of ether oxygens (including phenoxy) is 1. The second kappa shape index (κ2) is 5.34. The molecule has 1 unspecified atom stereocenters. The summed E-state index contributed by atoms with van der Waals surface area (Å²) in [5, 5.41) is 14.4. The Bertz CT molecular complexity index is 659. The molecule has 2 aromatic carbocycles. The molecule has 1 aliphatic heterocycles. The Hall–Kier alpha value is -1.72. The van der Waals surface area contributed by atoms with Gasteiger partial charge in [-0.2, -0.15) is 0 Å². The van der Waals surface area contributed by atoms with Crippen molar-refractivity contribution in [2.75, 3.05) is 12.9 Å². The monoisotopic (exact) mass is 289 g/mol. The molecule has 104 valence electrons. The normalized spacial score (nSPS) is 22.1. The highest BCUT2D eigenvalue weighted by atomic mass is 32.2. The van der Waals surface area contributed by atoms with Crippen molar-refractivity contribution in [3.05, 3.63) is 42.0 Å². The molecule has 4 nitrogen and oxygen atoms in total. The average molecular weight is 289 g/mol. The number of methoxy groups -OCH3 is 1. The molecule has 3 rings (SSSR count). The number of aliphatic carboxylic acids is 1. The average Bonchev–Trinajstić information content (AvgIpc) is 2.96. The first-order chi connectivity index (χ1) is 9.67. The summed E-state index contributed by atoms with van der Waals surface area (Å²) in [4.78, 5) is 11.0. The lowest BCUT2D eigenvalue weighted by Gasteiger charge is -2.12. The molecular formula is C15H15NO3S. The number of rotatable bonds is 3. The van der Waals surface area contributed by atoms with E-state index in [0.29, 0.717) is 5.75 Å². The van der Waals surface area contributed by atoms with Crippen molar-refractivity contribution in [2.45, 2.75) is 11.4 Å². The van der Waals surface area contributed by atoms with Crippen LogP contribution in [0.3, 0.4) is 0 Å². The number of carboxylic acid groups (broad SMARTS) is 1. The number of hydrogen-bond donors (Lipinski definition) is 2. The minimum atomic E-state index is -0.787. The predicted molar refractivity (Wildman–Crippen MR) is 80.3 cm³/mol. The highest BCUT2D eigenvalue weighted by Gasteiger charge is 2.30. The number of fused-ring (bicyclic) bond motifs is 1. The van der Waals surface area contributed by atoms with Gasteiger partial charge in [-0.05, 0) is 34.5 Å². The maximum Gasteiger partial charge on any atom is 0.321 e. The number of thioether (sulfide) groups is 1. The van der Waals surface area contributed by atoms with E-state index in [-0.39, 0.29) is 5.37 Å². The number of carbonyl (C=O) groups is 1. The zero-order valence-corrected chi connectivity index (χ0v) is 11.8. The number of nitrogens with one attached hydrogen (secondary N) is 1. The van der Waals surface area contributed by atoms with Gasteiger partial charge in [0, 0.05) is 5.75 Å². The van der Waals surface area contributed by atoms with E-state index in [0.717, 1.165) is 22.1 Å². The zero-order chi connectivity index (χ0) is 14.1. The standard InChI is InChI=1S/C15H15NO3S/c1-19-12-5-4-9-6-11(3-2-10(9)7-12)14-16-13(8-20-14)15(17)18/h2-7,13-14,16H,8H2,1H3,(H,17,18)/t13-,14?/m0/s1. The van der Waals surface area contributed by atoms with E-state index in [9.17, 15) is 4.79 Å². The van der Waals surface area contributed by atoms with Crippen molar-refractivity contribution >= 4 is 28.5 Å². The number of carboxylic acids is 1. The molecule has 1 heterocycles. The molecule has 2 atom stereocenters. The number of benzene rings is 2. The molecule has 5 heteroatoms. The summed E-state index contributed by atoms with van der Waals surface area (Å²) in [6.45, 7) is 0. The molecule has 1 aliphatic rings. The van der Waals surface area contributed by atoms with Crippen molar-refractivity contribution in [3.63, 3.8) is 0 Å². The van der Waals surface area contributed by atoms with Crippen LogP contribution < -0.4 is 10.1 Å². The Kier molecular flexibility index (Phi) is 3.54. The van der Waals surface area contributed by atoms with Gasteiger partial charge in [0.2, 0.25) is 0 Å². The van der Waals surface area contributed by atoms with Crippen molar-refractivity contribution in [2.24, 2.45) is 0 Å². The van der Waals surface area contributed by atoms with Crippen LogP contribution in [0.1, 0.15) is 10.9 Å². The van der Waals surface area contributed by atoms with Crippen LogP contribution >= 0.6 is 11.8 Å². The van der Waals surface area contributed by atoms with Crippen LogP contribution in [0, 0.1) is 0 Å². The largest absolute Gasteiger partial charge is 0.497 e. The van der Waals surface area contributed by atoms with Gasteiger partial charge in [0.1, 0.15) is 11.8 Å². The second-order valence-electron chi connectivity index (χ2n) is 4.74. The third-order valence-electron chi connectivity index (χ3n) is 3.45. The number of hydrogen-bond acceptors (Lipinski definition) is 4. The Morgan fingerprint density at radius 1 is 1.30 bits per heavy atom. The van der Waals surface area contributed by atoms with E-state index in [1.807, 2.05) is 30.3 Å². The molecule has 1 saturated heterocycles. The fraction of sp³-hybridized carbons (Fsp3) is 0.267. The summed E-state index contributed by atoms with van der Waals surface area (Å²) >= 11 is 1.63. The van der Waals surface area contributed by atoms with Gasteiger partial charge < -0.3 is 9.84 Å². The summed E-state index contributed by atoms with van der Waals surface area (Å²) in [6, 6.07) is 11.7. The lowest BCUT2D eigenvalue weighted by atomic mass is 10.1. The van der Waals surface area contributed by atoms with Crippen LogP contribution in [-0.4, -0.2) is 30.0 Å². The molecule has 0 bridgehead atoms. The van der Waals surface area contributed by atoms with Gasteiger partial charge in [-0.1, -0.05) is 18.2 Å². The van der Waals surface area contributed by atoms with Gasteiger partial charge in [0.05, 0.1) is 12.5 Å². The van der Waals surface area contributed by atoms with Gasteiger partial charge in [0.15, 0.2) is 0 Å². The molecule has 2 aromatic rings. The summed E-state index contributed by atoms with van der Waals surface area (Å²) in [5.74, 6) is 0.649. The minimum absolute atomic E-state index is 0.0441. The third kappa shape index (κ3) is 2.46. The summed E-state index contributed by atoms with van der Waals surface area (Å²) in [5.41, 5.74) is 1.11. The van der Waals surface area contributed by atoms with E-state index >= 15 is 0 Å². The fourth-order valence-corrected chi connectivity index (χ4v) is 3.56. The molecule has 0 saturated carbocycles. The molecule has 20 heavy (non-hydrogen) atoms. The molecule has 0 aliphatic carbocycles. The minimum Gasteiger partial charge on any atom is -0.497 e. The van der Waals surface area contributed by atoms with Gasteiger partial charge >= 0.3 is 5.97 Å².